The molecule has 0 fully saturated rings. The minimum Gasteiger partial charge on any atom is -0.468 e. The molecule has 0 atom stereocenters. The number of hydrogen-bond donors (Lipinski definition) is 0. The molecule has 0 saturated carbocycles. The molecule has 1 aliphatic rings. The fourth-order valence-electron chi connectivity index (χ4n) is 0.720. The van der Waals surface area contributed by atoms with Crippen LogP contribution in [-0.4, -0.2) is 31.6 Å². The van der Waals surface area contributed by atoms with Gasteiger partial charge in [0.15, 0.2) is 0 Å². The average Bonchev–Trinajstić information content (AvgIpc) is 1.89. The van der Waals surface area contributed by atoms with Gasteiger partial charge in [0.2, 0.25) is 0 Å². The molecule has 1 aliphatic heterocycles. The summed E-state index contributed by atoms with van der Waals surface area (Å²) in [7, 11) is 3.52. The molecule has 1 heterocycles. The van der Waals surface area contributed by atoms with Crippen LogP contribution in [0.4, 0.5) is 0 Å². The van der Waals surface area contributed by atoms with Gasteiger partial charge in [0, 0.05) is 13.2 Å². The van der Waals surface area contributed by atoms with Gasteiger partial charge in [-0.1, -0.05) is 0 Å². The number of rotatable bonds is 0. The average molecular weight is 126 g/mol. The van der Waals surface area contributed by atoms with Crippen LogP contribution < -0.4 is 0 Å². The van der Waals surface area contributed by atoms with E-state index >= 15 is 0 Å². The van der Waals surface area contributed by atoms with Gasteiger partial charge in [0.05, 0.1) is 13.7 Å². The van der Waals surface area contributed by atoms with Crippen LogP contribution in [0.25, 0.3) is 0 Å². The smallest absolute Gasteiger partial charge is 0.291 e. The zero-order chi connectivity index (χ0) is 6.69. The van der Waals surface area contributed by atoms with Crippen LogP contribution in [0.3, 0.4) is 0 Å². The lowest BCUT2D eigenvalue weighted by Gasteiger charge is -2.17. The third-order valence-electron chi connectivity index (χ3n) is 1.15. The van der Waals surface area contributed by atoms with E-state index in [4.69, 9.17) is 4.74 Å². The molecule has 0 aromatic carbocycles. The van der Waals surface area contributed by atoms with Crippen molar-refractivity contribution in [1.82, 2.24) is 4.90 Å². The zero-order valence-electron chi connectivity index (χ0n) is 5.66. The fourth-order valence-corrected chi connectivity index (χ4v) is 0.720. The van der Waals surface area contributed by atoms with Crippen LogP contribution in [0.5, 0.6) is 0 Å². The molecule has 0 unspecified atom stereocenters. The van der Waals surface area contributed by atoms with Gasteiger partial charge in [-0.15, -0.1) is 0 Å². The van der Waals surface area contributed by atoms with Crippen molar-refractivity contribution in [1.29, 1.82) is 0 Å². The molecule has 0 aromatic heterocycles. The maximum Gasteiger partial charge on any atom is 0.291 e. The van der Waals surface area contributed by atoms with E-state index < -0.39 is 0 Å². The van der Waals surface area contributed by atoms with Crippen LogP contribution in [0.1, 0.15) is 0 Å². The monoisotopic (exact) mass is 126 g/mol. The van der Waals surface area contributed by atoms with Gasteiger partial charge in [-0.25, -0.2) is 4.99 Å². The van der Waals surface area contributed by atoms with Gasteiger partial charge >= 0.3 is 0 Å². The Morgan fingerprint density at radius 1 is 1.78 bits per heavy atom. The molecular formula is C6H10N2O. The summed E-state index contributed by atoms with van der Waals surface area (Å²) in [6.07, 6.45) is 3.91. The van der Waals surface area contributed by atoms with Crippen LogP contribution in [0, 0.1) is 0 Å². The second kappa shape index (κ2) is 2.53. The topological polar surface area (TPSA) is 24.8 Å². The van der Waals surface area contributed by atoms with E-state index in [0.717, 1.165) is 6.54 Å². The Kier molecular flexibility index (Phi) is 1.72. The Labute approximate surface area is 54.6 Å². The van der Waals surface area contributed by atoms with Crippen LogP contribution >= 0.6 is 0 Å². The number of methoxy groups -OCH3 is 1. The molecule has 9 heavy (non-hydrogen) atoms. The highest BCUT2D eigenvalue weighted by Crippen LogP contribution is 1.96. The lowest BCUT2D eigenvalue weighted by molar-refractivity contribution is 0.337. The number of aliphatic imine (C=N–C) groups is 1. The molecule has 3 heteroatoms. The molecule has 0 radical (unpaired) electrons. The summed E-state index contributed by atoms with van der Waals surface area (Å²) in [5.41, 5.74) is 0. The predicted molar refractivity (Wildman–Crippen MR) is 36.2 cm³/mol. The molecule has 0 bridgehead atoms. The Balaban J connectivity index is 2.59. The van der Waals surface area contributed by atoms with E-state index in [1.807, 2.05) is 24.2 Å². The van der Waals surface area contributed by atoms with Gasteiger partial charge in [0.25, 0.3) is 6.02 Å². The highest BCUT2D eigenvalue weighted by atomic mass is 16.5. The first-order valence-electron chi connectivity index (χ1n) is 2.82. The first kappa shape index (κ1) is 6.13. The number of nitrogens with zero attached hydrogens (tertiary/aromatic N) is 2. The van der Waals surface area contributed by atoms with Gasteiger partial charge in [-0.2, -0.15) is 0 Å². The molecule has 50 valence electrons. The summed E-state index contributed by atoms with van der Waals surface area (Å²) >= 11 is 0. The van der Waals surface area contributed by atoms with Crippen LogP contribution in [-0.2, 0) is 4.74 Å². The molecule has 0 amide bonds. The maximum atomic E-state index is 4.93. The van der Waals surface area contributed by atoms with Crippen molar-refractivity contribution in [2.24, 2.45) is 4.99 Å². The van der Waals surface area contributed by atoms with Crippen molar-refractivity contribution in [3.8, 4) is 0 Å². The molecule has 0 saturated heterocycles. The molecule has 0 aromatic rings. The minimum atomic E-state index is 0.678. The Bertz CT molecular complexity index is 151. The SMILES string of the molecule is COC1=NCC=CN1C. The van der Waals surface area contributed by atoms with Crippen molar-refractivity contribution in [3.63, 3.8) is 0 Å². The van der Waals surface area contributed by atoms with Crippen molar-refractivity contribution >= 4 is 6.02 Å². The maximum absolute atomic E-state index is 4.93. The van der Waals surface area contributed by atoms with Crippen molar-refractivity contribution < 1.29 is 4.74 Å². The molecule has 3 nitrogen and oxygen atoms in total. The highest BCUT2D eigenvalue weighted by molar-refractivity contribution is 5.75. The van der Waals surface area contributed by atoms with Crippen LogP contribution in [0.2, 0.25) is 0 Å². The van der Waals surface area contributed by atoms with Crippen molar-refractivity contribution in [2.75, 3.05) is 20.7 Å². The minimum absolute atomic E-state index is 0.678. The summed E-state index contributed by atoms with van der Waals surface area (Å²) in [5, 5.41) is 0. The van der Waals surface area contributed by atoms with Crippen molar-refractivity contribution in [3.05, 3.63) is 12.3 Å². The molecule has 0 N–H and O–H groups in total. The van der Waals surface area contributed by atoms with E-state index in [9.17, 15) is 0 Å². The first-order chi connectivity index (χ1) is 4.34. The second-order valence-corrected chi connectivity index (χ2v) is 1.82. The molecular weight excluding hydrogens is 116 g/mol. The number of hydrogen-bond acceptors (Lipinski definition) is 3. The lowest BCUT2D eigenvalue weighted by atomic mass is 10.5. The van der Waals surface area contributed by atoms with Gasteiger partial charge < -0.3 is 9.64 Å². The standard InChI is InChI=1S/C6H10N2O/c1-8-5-3-4-7-6(8)9-2/h3,5H,4H2,1-2H3. The van der Waals surface area contributed by atoms with Crippen molar-refractivity contribution in [2.45, 2.75) is 0 Å². The van der Waals surface area contributed by atoms with Gasteiger partial charge in [0.1, 0.15) is 0 Å². The zero-order valence-corrected chi connectivity index (χ0v) is 5.66. The lowest BCUT2D eigenvalue weighted by Crippen LogP contribution is -2.25. The molecule has 0 spiro atoms. The Morgan fingerprint density at radius 2 is 2.56 bits per heavy atom. The fraction of sp³-hybridized carbons (Fsp3) is 0.500. The highest BCUT2D eigenvalue weighted by Gasteiger charge is 2.03. The Hall–Kier alpha value is -0.990. The number of ether oxygens (including phenoxy) is 1. The third-order valence-corrected chi connectivity index (χ3v) is 1.15. The van der Waals surface area contributed by atoms with Gasteiger partial charge in [-0.05, 0) is 6.08 Å². The Morgan fingerprint density at radius 3 is 3.00 bits per heavy atom. The quantitative estimate of drug-likeness (QED) is 0.470. The van der Waals surface area contributed by atoms with E-state index in [2.05, 4.69) is 4.99 Å². The third kappa shape index (κ3) is 1.22. The predicted octanol–water partition coefficient (Wildman–Crippen LogP) is 0.448. The summed E-state index contributed by atoms with van der Waals surface area (Å²) in [6.45, 7) is 0.730. The summed E-state index contributed by atoms with van der Waals surface area (Å²) in [6, 6.07) is 0.678. The van der Waals surface area contributed by atoms with E-state index in [0.29, 0.717) is 6.02 Å². The summed E-state index contributed by atoms with van der Waals surface area (Å²) in [4.78, 5) is 5.90. The van der Waals surface area contributed by atoms with Gasteiger partial charge in [-0.3, -0.25) is 0 Å². The van der Waals surface area contributed by atoms with Crippen LogP contribution in [0.15, 0.2) is 17.3 Å². The largest absolute Gasteiger partial charge is 0.468 e. The molecule has 1 rings (SSSR count). The summed E-state index contributed by atoms with van der Waals surface area (Å²) in [5.74, 6) is 0. The van der Waals surface area contributed by atoms with E-state index in [1.54, 1.807) is 7.11 Å². The second-order valence-electron chi connectivity index (χ2n) is 1.82. The van der Waals surface area contributed by atoms with E-state index in [1.165, 1.54) is 0 Å². The normalized spacial score (nSPS) is 17.6. The summed E-state index contributed by atoms with van der Waals surface area (Å²) < 4.78 is 4.93. The first-order valence-corrected chi connectivity index (χ1v) is 2.82. The molecule has 0 aliphatic carbocycles. The van der Waals surface area contributed by atoms with E-state index in [-0.39, 0.29) is 0 Å². The number of amidine groups is 1.